The molecule has 18 heavy (non-hydrogen) atoms. The summed E-state index contributed by atoms with van der Waals surface area (Å²) in [4.78, 5) is 13.5. The lowest BCUT2D eigenvalue weighted by atomic mass is 10.1. The number of anilines is 1. The molecule has 0 spiro atoms. The van der Waals surface area contributed by atoms with Crippen molar-refractivity contribution in [3.05, 3.63) is 27.7 Å². The molecule has 5 heteroatoms. The Morgan fingerprint density at radius 3 is 3.00 bits per heavy atom. The first-order chi connectivity index (χ1) is 8.66. The summed E-state index contributed by atoms with van der Waals surface area (Å²) in [5.74, 6) is -0.890. The van der Waals surface area contributed by atoms with Gasteiger partial charge < -0.3 is 14.7 Å². The van der Waals surface area contributed by atoms with Crippen LogP contribution in [0.2, 0.25) is 0 Å². The van der Waals surface area contributed by atoms with Gasteiger partial charge in [-0.15, -0.1) is 0 Å². The standard InChI is InChI=1S/C13H14BrNO3/c14-11-5-8-1-3-15(9-2-4-18-7-9)12(8)6-10(11)13(16)17/h5-6,9H,1-4,7H2,(H,16,17). The van der Waals surface area contributed by atoms with Crippen LogP contribution in [0, 0.1) is 0 Å². The summed E-state index contributed by atoms with van der Waals surface area (Å²) in [5, 5.41) is 9.18. The molecule has 96 valence electrons. The average Bonchev–Trinajstić information content (AvgIpc) is 2.94. The Morgan fingerprint density at radius 1 is 1.50 bits per heavy atom. The molecule has 1 aromatic carbocycles. The fourth-order valence-electron chi connectivity index (χ4n) is 2.74. The predicted octanol–water partition coefficient (Wildman–Crippen LogP) is 2.30. The number of halogens is 1. The van der Waals surface area contributed by atoms with Crippen molar-refractivity contribution in [3.63, 3.8) is 0 Å². The molecule has 3 rings (SSSR count). The Kier molecular flexibility index (Phi) is 3.03. The molecule has 0 saturated carbocycles. The van der Waals surface area contributed by atoms with Gasteiger partial charge in [-0.25, -0.2) is 4.79 Å². The van der Waals surface area contributed by atoms with Gasteiger partial charge >= 0.3 is 5.97 Å². The van der Waals surface area contributed by atoms with Crippen molar-refractivity contribution >= 4 is 27.6 Å². The third-order valence-corrected chi connectivity index (χ3v) is 4.33. The molecule has 1 unspecified atom stereocenters. The zero-order chi connectivity index (χ0) is 12.7. The van der Waals surface area contributed by atoms with Crippen LogP contribution in [0.25, 0.3) is 0 Å². The van der Waals surface area contributed by atoms with Crippen molar-refractivity contribution in [2.45, 2.75) is 18.9 Å². The maximum Gasteiger partial charge on any atom is 0.336 e. The number of nitrogens with zero attached hydrogens (tertiary/aromatic N) is 1. The van der Waals surface area contributed by atoms with Gasteiger partial charge in [-0.3, -0.25) is 0 Å². The van der Waals surface area contributed by atoms with Gasteiger partial charge in [0, 0.05) is 23.3 Å². The number of ether oxygens (including phenoxy) is 1. The third kappa shape index (κ3) is 1.91. The molecule has 1 aromatic rings. The van der Waals surface area contributed by atoms with E-state index in [-0.39, 0.29) is 0 Å². The molecule has 2 heterocycles. The van der Waals surface area contributed by atoms with E-state index < -0.39 is 5.97 Å². The lowest BCUT2D eigenvalue weighted by molar-refractivity contribution is 0.0696. The molecular weight excluding hydrogens is 298 g/mol. The van der Waals surface area contributed by atoms with Crippen LogP contribution in [0.15, 0.2) is 16.6 Å². The molecule has 0 aliphatic carbocycles. The molecular formula is C13H14BrNO3. The van der Waals surface area contributed by atoms with Crippen molar-refractivity contribution < 1.29 is 14.6 Å². The molecule has 1 N–H and O–H groups in total. The van der Waals surface area contributed by atoms with Crippen molar-refractivity contribution in [2.75, 3.05) is 24.7 Å². The van der Waals surface area contributed by atoms with E-state index in [1.54, 1.807) is 6.07 Å². The van der Waals surface area contributed by atoms with E-state index in [0.717, 1.165) is 38.3 Å². The number of rotatable bonds is 2. The summed E-state index contributed by atoms with van der Waals surface area (Å²) in [5.41, 5.74) is 2.62. The highest BCUT2D eigenvalue weighted by Crippen LogP contribution is 2.35. The number of carboxylic acid groups (broad SMARTS) is 1. The minimum absolute atomic E-state index is 0.333. The second kappa shape index (κ2) is 4.55. The van der Waals surface area contributed by atoms with Gasteiger partial charge in [-0.05, 0) is 46.5 Å². The maximum absolute atomic E-state index is 11.2. The van der Waals surface area contributed by atoms with Gasteiger partial charge in [0.2, 0.25) is 0 Å². The molecule has 1 fully saturated rings. The topological polar surface area (TPSA) is 49.8 Å². The Hall–Kier alpha value is -1.07. The summed E-state index contributed by atoms with van der Waals surface area (Å²) in [6.07, 6.45) is 2.00. The molecule has 0 bridgehead atoms. The maximum atomic E-state index is 11.2. The van der Waals surface area contributed by atoms with Crippen LogP contribution in [-0.2, 0) is 11.2 Å². The fraction of sp³-hybridized carbons (Fsp3) is 0.462. The highest BCUT2D eigenvalue weighted by molar-refractivity contribution is 9.10. The van der Waals surface area contributed by atoms with Crippen LogP contribution in [0.3, 0.4) is 0 Å². The number of hydrogen-bond acceptors (Lipinski definition) is 3. The zero-order valence-electron chi connectivity index (χ0n) is 9.86. The first-order valence-corrected chi connectivity index (χ1v) is 6.86. The van der Waals surface area contributed by atoms with Crippen LogP contribution in [0.5, 0.6) is 0 Å². The van der Waals surface area contributed by atoms with Crippen molar-refractivity contribution in [1.29, 1.82) is 0 Å². The van der Waals surface area contributed by atoms with Crippen LogP contribution in [-0.4, -0.2) is 36.9 Å². The van der Waals surface area contributed by atoms with Gasteiger partial charge in [-0.2, -0.15) is 0 Å². The lowest BCUT2D eigenvalue weighted by Crippen LogP contribution is -2.34. The van der Waals surface area contributed by atoms with Crippen LogP contribution >= 0.6 is 15.9 Å². The Morgan fingerprint density at radius 2 is 2.33 bits per heavy atom. The van der Waals surface area contributed by atoms with E-state index in [0.29, 0.717) is 16.1 Å². The molecule has 0 aromatic heterocycles. The van der Waals surface area contributed by atoms with Gasteiger partial charge in [0.25, 0.3) is 0 Å². The van der Waals surface area contributed by atoms with E-state index in [1.807, 2.05) is 6.07 Å². The number of carboxylic acids is 1. The van der Waals surface area contributed by atoms with Crippen LogP contribution in [0.4, 0.5) is 5.69 Å². The summed E-state index contributed by atoms with van der Waals surface area (Å²) >= 11 is 3.33. The second-order valence-electron chi connectivity index (χ2n) is 4.73. The lowest BCUT2D eigenvalue weighted by Gasteiger charge is -2.26. The largest absolute Gasteiger partial charge is 0.478 e. The molecule has 0 radical (unpaired) electrons. The Labute approximate surface area is 114 Å². The minimum Gasteiger partial charge on any atom is -0.478 e. The van der Waals surface area contributed by atoms with Crippen molar-refractivity contribution in [2.24, 2.45) is 0 Å². The van der Waals surface area contributed by atoms with Gasteiger partial charge in [0.1, 0.15) is 0 Å². The smallest absolute Gasteiger partial charge is 0.336 e. The van der Waals surface area contributed by atoms with Crippen LogP contribution < -0.4 is 4.90 Å². The molecule has 2 aliphatic heterocycles. The van der Waals surface area contributed by atoms with E-state index in [1.165, 1.54) is 5.56 Å². The van der Waals surface area contributed by atoms with Crippen molar-refractivity contribution in [3.8, 4) is 0 Å². The van der Waals surface area contributed by atoms with Gasteiger partial charge in [0.05, 0.1) is 18.2 Å². The normalized spacial score (nSPS) is 22.3. The van der Waals surface area contributed by atoms with Crippen LogP contribution in [0.1, 0.15) is 22.3 Å². The second-order valence-corrected chi connectivity index (χ2v) is 5.58. The average molecular weight is 312 g/mol. The Balaban J connectivity index is 1.99. The summed E-state index contributed by atoms with van der Waals surface area (Å²) < 4.78 is 6.08. The molecule has 1 atom stereocenters. The number of hydrogen-bond donors (Lipinski definition) is 1. The van der Waals surface area contributed by atoms with E-state index in [9.17, 15) is 9.90 Å². The SMILES string of the molecule is O=C(O)c1cc2c(cc1Br)CCN2C1CCOC1. The Bertz CT molecular complexity index is 497. The molecule has 1 saturated heterocycles. The van der Waals surface area contributed by atoms with Gasteiger partial charge in [-0.1, -0.05) is 0 Å². The van der Waals surface area contributed by atoms with E-state index in [2.05, 4.69) is 20.8 Å². The zero-order valence-corrected chi connectivity index (χ0v) is 11.4. The molecule has 0 amide bonds. The molecule has 4 nitrogen and oxygen atoms in total. The third-order valence-electron chi connectivity index (χ3n) is 3.68. The fourth-order valence-corrected chi connectivity index (χ4v) is 3.30. The van der Waals surface area contributed by atoms with E-state index in [4.69, 9.17) is 4.74 Å². The summed E-state index contributed by atoms with van der Waals surface area (Å²) in [6.45, 7) is 2.51. The number of benzene rings is 1. The quantitative estimate of drug-likeness (QED) is 0.910. The highest BCUT2D eigenvalue weighted by Gasteiger charge is 2.30. The first kappa shape index (κ1) is 12.0. The number of fused-ring (bicyclic) bond motifs is 1. The minimum atomic E-state index is -0.890. The van der Waals surface area contributed by atoms with Crippen molar-refractivity contribution in [1.82, 2.24) is 0 Å². The number of carbonyl (C=O) groups is 1. The molecule has 2 aliphatic rings. The highest BCUT2D eigenvalue weighted by atomic mass is 79.9. The van der Waals surface area contributed by atoms with E-state index >= 15 is 0 Å². The first-order valence-electron chi connectivity index (χ1n) is 6.07. The summed E-state index contributed by atoms with van der Waals surface area (Å²) in [7, 11) is 0. The number of aromatic carboxylic acids is 1. The summed E-state index contributed by atoms with van der Waals surface area (Å²) in [6, 6.07) is 4.12. The monoisotopic (exact) mass is 311 g/mol. The van der Waals surface area contributed by atoms with Gasteiger partial charge in [0.15, 0.2) is 0 Å². The predicted molar refractivity (Wildman–Crippen MR) is 71.4 cm³/mol.